The lowest BCUT2D eigenvalue weighted by Crippen LogP contribution is -2.84. The van der Waals surface area contributed by atoms with Gasteiger partial charge < -0.3 is 97.5 Å². The first-order valence-corrected chi connectivity index (χ1v) is 15.0. The normalized spacial score (nSPS) is 50.8. The molecule has 262 valence electrons. The van der Waals surface area contributed by atoms with Crippen molar-refractivity contribution in [2.75, 3.05) is 19.8 Å². The average Bonchev–Trinajstić information content (AvgIpc) is 3.30. The Morgan fingerprint density at radius 2 is 1.24 bits per heavy atom. The zero-order valence-electron chi connectivity index (χ0n) is 25.1. The summed E-state index contributed by atoms with van der Waals surface area (Å²) in [6, 6.07) is -3.36. The molecule has 19 atom stereocenters. The molecule has 3 heterocycles. The van der Waals surface area contributed by atoms with Crippen LogP contribution in [0.25, 0.3) is 0 Å². The molecular weight excluding hydrogens is 610 g/mol. The van der Waals surface area contributed by atoms with E-state index in [2.05, 4.69) is 28.3 Å². The summed E-state index contributed by atoms with van der Waals surface area (Å²) in [7, 11) is 0. The van der Waals surface area contributed by atoms with E-state index in [1.54, 1.807) is 0 Å². The van der Waals surface area contributed by atoms with E-state index in [-0.39, 0.29) is 6.54 Å². The number of carbonyl (C=O) groups excluding carboxylic acids is 1. The molecule has 0 aromatic rings. The Labute approximate surface area is 258 Å². The van der Waals surface area contributed by atoms with Crippen molar-refractivity contribution in [3.8, 4) is 0 Å². The van der Waals surface area contributed by atoms with E-state index in [1.807, 2.05) is 0 Å². The van der Waals surface area contributed by atoms with Gasteiger partial charge in [0.25, 0.3) is 0 Å². The minimum absolute atomic E-state index is 0.126. The maximum atomic E-state index is 11.8. The average molecular weight is 662 g/mol. The Balaban J connectivity index is 1.52. The van der Waals surface area contributed by atoms with Crippen molar-refractivity contribution in [2.24, 2.45) is 0 Å². The molecule has 20 heteroatoms. The lowest BCUT2D eigenvalue weighted by molar-refractivity contribution is -0.536. The minimum Gasteiger partial charge on any atom is -0.394 e. The number of hydrogen-bond acceptors (Lipinski definition) is 15. The molecule has 0 bridgehead atoms. The number of carbonyl (C=O) groups is 1. The molecule has 1 aliphatic carbocycles. The first kappa shape index (κ1) is 36.6. The van der Waals surface area contributed by atoms with E-state index < -0.39 is 135 Å². The number of quaternary nitrogens is 4. The first-order valence-electron chi connectivity index (χ1n) is 15.0. The van der Waals surface area contributed by atoms with Crippen LogP contribution in [0.2, 0.25) is 0 Å². The van der Waals surface area contributed by atoms with Crippen molar-refractivity contribution in [2.45, 2.75) is 130 Å². The van der Waals surface area contributed by atoms with E-state index in [0.717, 1.165) is 0 Å². The van der Waals surface area contributed by atoms with Gasteiger partial charge in [-0.25, -0.2) is 0 Å². The van der Waals surface area contributed by atoms with Gasteiger partial charge in [0.05, 0.1) is 19.6 Å². The number of amides is 1. The summed E-state index contributed by atoms with van der Waals surface area (Å²) in [5.41, 5.74) is 15.7. The van der Waals surface area contributed by atoms with Crippen molar-refractivity contribution in [1.29, 1.82) is 0 Å². The predicted octanol–water partition coefficient (Wildman–Crippen LogP) is -11.6. The highest BCUT2D eigenvalue weighted by atomic mass is 16.8. The van der Waals surface area contributed by atoms with E-state index in [1.165, 1.54) is 6.92 Å². The second kappa shape index (κ2) is 15.3. The van der Waals surface area contributed by atoms with E-state index in [0.29, 0.717) is 6.42 Å². The van der Waals surface area contributed by atoms with Crippen LogP contribution in [0.5, 0.6) is 0 Å². The van der Waals surface area contributed by atoms with Crippen LogP contribution in [-0.4, -0.2) is 183 Å². The molecule has 3 aliphatic heterocycles. The topological polar surface area (TPSA) is 357 Å². The monoisotopic (exact) mass is 661 g/mol. The molecule has 21 N–H and O–H groups in total. The van der Waals surface area contributed by atoms with Crippen molar-refractivity contribution >= 4 is 5.91 Å². The Bertz CT molecular complexity index is 974. The van der Waals surface area contributed by atoms with Crippen LogP contribution < -0.4 is 28.3 Å². The van der Waals surface area contributed by atoms with Gasteiger partial charge in [0.15, 0.2) is 18.6 Å². The van der Waals surface area contributed by atoms with E-state index in [9.17, 15) is 45.6 Å². The second-order valence-corrected chi connectivity index (χ2v) is 12.2. The summed E-state index contributed by atoms with van der Waals surface area (Å²) in [5, 5.41) is 86.2. The first-order chi connectivity index (χ1) is 21.2. The quantitative estimate of drug-likeness (QED) is 0.103. The van der Waals surface area contributed by atoms with Crippen LogP contribution >= 0.6 is 0 Å². The SMILES string of the molecule is CC(=O)N[C@H]1[C@@H](O[C@H]2[C@@H](O)[C@H](O[C@@H]3[C@@H](O)[C@H]([NH3+])C[C@H]([NH3+])[C@H]3O[C@H]3O[C@H](C[NH3+])[C@@H](O)[C@H](O)[C@H]3[NH3+])O[C@@H]2CO)O[C@H](CO)[C@@H](O)[C@@H]1O. The summed E-state index contributed by atoms with van der Waals surface area (Å²) < 4.78 is 35.3. The van der Waals surface area contributed by atoms with Crippen LogP contribution in [-0.2, 0) is 33.2 Å². The number of rotatable bonds is 10. The van der Waals surface area contributed by atoms with Gasteiger partial charge in [-0.2, -0.15) is 0 Å². The van der Waals surface area contributed by atoms with Gasteiger partial charge in [0.2, 0.25) is 12.2 Å². The fraction of sp³-hybridized carbons (Fsp3) is 0.960. The van der Waals surface area contributed by atoms with Crippen LogP contribution in [0, 0.1) is 0 Å². The van der Waals surface area contributed by atoms with Crippen LogP contribution in [0.3, 0.4) is 0 Å². The molecule has 45 heavy (non-hydrogen) atoms. The maximum Gasteiger partial charge on any atom is 0.217 e. The van der Waals surface area contributed by atoms with Gasteiger partial charge in [-0.1, -0.05) is 0 Å². The van der Waals surface area contributed by atoms with E-state index in [4.69, 9.17) is 28.4 Å². The fourth-order valence-electron chi connectivity index (χ4n) is 6.28. The highest BCUT2D eigenvalue weighted by molar-refractivity contribution is 5.73. The van der Waals surface area contributed by atoms with Crippen molar-refractivity contribution in [3.63, 3.8) is 0 Å². The Morgan fingerprint density at radius 1 is 0.689 bits per heavy atom. The van der Waals surface area contributed by atoms with Crippen molar-refractivity contribution < 1.29 is 97.0 Å². The lowest BCUT2D eigenvalue weighted by atomic mass is 9.84. The number of nitrogens with one attached hydrogen (secondary N) is 1. The lowest BCUT2D eigenvalue weighted by Gasteiger charge is -2.44. The van der Waals surface area contributed by atoms with Gasteiger partial charge in [-0.05, 0) is 0 Å². The summed E-state index contributed by atoms with van der Waals surface area (Å²) >= 11 is 0. The predicted molar refractivity (Wildman–Crippen MR) is 141 cm³/mol. The zero-order chi connectivity index (χ0) is 33.3. The van der Waals surface area contributed by atoms with Gasteiger partial charge in [-0.15, -0.1) is 0 Å². The minimum atomic E-state index is -1.64. The Hall–Kier alpha value is -1.25. The third-order valence-electron chi connectivity index (χ3n) is 8.92. The van der Waals surface area contributed by atoms with Crippen LogP contribution in [0.15, 0.2) is 0 Å². The number of aliphatic hydroxyl groups excluding tert-OH is 8. The third-order valence-corrected chi connectivity index (χ3v) is 8.92. The molecule has 0 unspecified atom stereocenters. The largest absolute Gasteiger partial charge is 0.394 e. The summed E-state index contributed by atoms with van der Waals surface area (Å²) in [4.78, 5) is 11.8. The molecule has 4 rings (SSSR count). The molecule has 4 fully saturated rings. The molecule has 0 radical (unpaired) electrons. The number of ether oxygens (including phenoxy) is 6. The number of hydrogen-bond donors (Lipinski definition) is 13. The Morgan fingerprint density at radius 3 is 1.84 bits per heavy atom. The summed E-state index contributed by atoms with van der Waals surface area (Å²) in [5.74, 6) is -0.591. The summed E-state index contributed by atoms with van der Waals surface area (Å²) in [6.07, 6.45) is -19.5. The molecule has 0 aromatic heterocycles. The molecule has 1 saturated carbocycles. The molecule has 20 nitrogen and oxygen atoms in total. The standard InChI is InChI=1S/C25H47N5O15/c1-6(33)30-13-18(38)16(36)10(4-31)41-24(13)44-21-11(5-32)42-25(19(21)39)45-22-14(34)7(27)2-8(28)20(22)43-23-12(29)17(37)15(35)9(3-26)40-23/h7-25,31-32,34-39H,2-5,26-29H2,1H3,(H,30,33)/p+4/t7-,8+,9-,10-,11-,12-,13-,14+,15-,16-,17-,18-,19-,20-,21-,22-,23-,24-,25+/m1/s1. The molecule has 3 saturated heterocycles. The molecule has 1 amide bonds. The number of aliphatic hydroxyl groups is 8. The van der Waals surface area contributed by atoms with Gasteiger partial charge in [0.1, 0.15) is 97.9 Å². The smallest absolute Gasteiger partial charge is 0.217 e. The molecule has 0 aromatic carbocycles. The van der Waals surface area contributed by atoms with Gasteiger partial charge >= 0.3 is 0 Å². The van der Waals surface area contributed by atoms with Crippen molar-refractivity contribution in [3.05, 3.63) is 0 Å². The third kappa shape index (κ3) is 7.58. The fourth-order valence-corrected chi connectivity index (χ4v) is 6.28. The Kier molecular flexibility index (Phi) is 12.5. The highest BCUT2D eigenvalue weighted by Crippen LogP contribution is 2.34. The molecular formula is C25H51N5O15+4. The second-order valence-electron chi connectivity index (χ2n) is 12.2. The van der Waals surface area contributed by atoms with Gasteiger partial charge in [0, 0.05) is 6.92 Å². The van der Waals surface area contributed by atoms with E-state index >= 15 is 0 Å². The zero-order valence-corrected chi connectivity index (χ0v) is 25.1. The van der Waals surface area contributed by atoms with Gasteiger partial charge in [-0.3, -0.25) is 4.79 Å². The summed E-state index contributed by atoms with van der Waals surface area (Å²) in [6.45, 7) is -0.0867. The van der Waals surface area contributed by atoms with Crippen LogP contribution in [0.1, 0.15) is 13.3 Å². The molecule has 0 spiro atoms. The van der Waals surface area contributed by atoms with Crippen molar-refractivity contribution in [1.82, 2.24) is 5.32 Å². The van der Waals surface area contributed by atoms with Crippen LogP contribution in [0.4, 0.5) is 0 Å². The molecule has 4 aliphatic rings. The maximum absolute atomic E-state index is 11.8. The highest BCUT2D eigenvalue weighted by Gasteiger charge is 2.56.